The Morgan fingerprint density at radius 1 is 1.00 bits per heavy atom. The van der Waals surface area contributed by atoms with Gasteiger partial charge < -0.3 is 15.2 Å². The van der Waals surface area contributed by atoms with Crippen LogP contribution in [0.15, 0.2) is 65.8 Å². The molecule has 8 nitrogen and oxygen atoms in total. The molecule has 0 radical (unpaired) electrons. The highest BCUT2D eigenvalue weighted by molar-refractivity contribution is 5.90. The first kappa shape index (κ1) is 21.8. The SMILES string of the molecule is O=C(Cn1cccc(C(F)(F)F)c1=O)NCc1cccc(NC(=O)Cn2cccn2)c1. The highest BCUT2D eigenvalue weighted by atomic mass is 19.4. The van der Waals surface area contributed by atoms with Gasteiger partial charge in [0.05, 0.1) is 0 Å². The predicted molar refractivity (Wildman–Crippen MR) is 105 cm³/mol. The van der Waals surface area contributed by atoms with Gasteiger partial charge in [-0.3, -0.25) is 19.1 Å². The van der Waals surface area contributed by atoms with Crippen molar-refractivity contribution in [3.05, 3.63) is 82.5 Å². The average molecular weight is 433 g/mol. The third-order valence-corrected chi connectivity index (χ3v) is 4.20. The van der Waals surface area contributed by atoms with Crippen LogP contribution >= 0.6 is 0 Å². The lowest BCUT2D eigenvalue weighted by atomic mass is 10.2. The van der Waals surface area contributed by atoms with Crippen LogP contribution in [0.25, 0.3) is 0 Å². The van der Waals surface area contributed by atoms with Gasteiger partial charge in [0.25, 0.3) is 5.56 Å². The zero-order valence-corrected chi connectivity index (χ0v) is 16.1. The van der Waals surface area contributed by atoms with Crippen LogP contribution in [0.1, 0.15) is 11.1 Å². The van der Waals surface area contributed by atoms with Crippen molar-refractivity contribution in [1.29, 1.82) is 0 Å². The molecule has 3 aromatic rings. The predicted octanol–water partition coefficient (Wildman–Crippen LogP) is 2.02. The number of carbonyl (C=O) groups is 2. The van der Waals surface area contributed by atoms with Gasteiger partial charge in [0.2, 0.25) is 11.8 Å². The molecule has 2 heterocycles. The minimum absolute atomic E-state index is 0.0414. The monoisotopic (exact) mass is 433 g/mol. The summed E-state index contributed by atoms with van der Waals surface area (Å²) < 4.78 is 40.6. The topological polar surface area (TPSA) is 98.0 Å². The van der Waals surface area contributed by atoms with Crippen LogP contribution in [-0.2, 0) is 35.4 Å². The summed E-state index contributed by atoms with van der Waals surface area (Å²) in [7, 11) is 0. The van der Waals surface area contributed by atoms with Gasteiger partial charge in [0.1, 0.15) is 18.7 Å². The number of hydrogen-bond donors (Lipinski definition) is 2. The first-order valence-corrected chi connectivity index (χ1v) is 9.12. The van der Waals surface area contributed by atoms with Gasteiger partial charge in [0.15, 0.2) is 0 Å². The van der Waals surface area contributed by atoms with Crippen molar-refractivity contribution in [2.75, 3.05) is 5.32 Å². The molecule has 0 aliphatic rings. The number of amides is 2. The molecule has 1 aromatic carbocycles. The van der Waals surface area contributed by atoms with E-state index in [-0.39, 0.29) is 19.0 Å². The molecule has 0 spiro atoms. The number of halogens is 3. The number of anilines is 1. The molecule has 0 bridgehead atoms. The Morgan fingerprint density at radius 3 is 2.52 bits per heavy atom. The number of benzene rings is 1. The number of nitrogens with zero attached hydrogens (tertiary/aromatic N) is 3. The number of carbonyl (C=O) groups excluding carboxylic acids is 2. The summed E-state index contributed by atoms with van der Waals surface area (Å²) in [5, 5.41) is 9.20. The molecule has 3 rings (SSSR count). The molecule has 0 aliphatic carbocycles. The molecule has 11 heteroatoms. The largest absolute Gasteiger partial charge is 0.421 e. The molecular weight excluding hydrogens is 415 g/mol. The molecule has 0 atom stereocenters. The van der Waals surface area contributed by atoms with Crippen LogP contribution in [0.4, 0.5) is 18.9 Å². The lowest BCUT2D eigenvalue weighted by Crippen LogP contribution is -2.34. The van der Waals surface area contributed by atoms with Gasteiger partial charge in [-0.2, -0.15) is 18.3 Å². The van der Waals surface area contributed by atoms with Crippen molar-refractivity contribution in [3.8, 4) is 0 Å². The summed E-state index contributed by atoms with van der Waals surface area (Å²) in [6.45, 7) is -0.446. The summed E-state index contributed by atoms with van der Waals surface area (Å²) in [6.07, 6.45) is -0.461. The summed E-state index contributed by atoms with van der Waals surface area (Å²) in [5.41, 5.74) is -1.45. The van der Waals surface area contributed by atoms with Crippen LogP contribution in [0.5, 0.6) is 0 Å². The van der Waals surface area contributed by atoms with Crippen LogP contribution in [0, 0.1) is 0 Å². The number of aromatic nitrogens is 3. The number of rotatable bonds is 7. The fraction of sp³-hybridized carbons (Fsp3) is 0.200. The van der Waals surface area contributed by atoms with Crippen molar-refractivity contribution in [2.24, 2.45) is 0 Å². The van der Waals surface area contributed by atoms with E-state index in [4.69, 9.17) is 0 Å². The molecule has 0 unspecified atom stereocenters. The van der Waals surface area contributed by atoms with Gasteiger partial charge in [0, 0.05) is 30.8 Å². The second-order valence-electron chi connectivity index (χ2n) is 6.58. The molecule has 31 heavy (non-hydrogen) atoms. The van der Waals surface area contributed by atoms with E-state index in [2.05, 4.69) is 15.7 Å². The van der Waals surface area contributed by atoms with Gasteiger partial charge in [-0.15, -0.1) is 0 Å². The fourth-order valence-corrected chi connectivity index (χ4v) is 2.79. The van der Waals surface area contributed by atoms with E-state index < -0.39 is 29.8 Å². The van der Waals surface area contributed by atoms with Gasteiger partial charge in [-0.05, 0) is 35.9 Å². The smallest absolute Gasteiger partial charge is 0.350 e. The fourth-order valence-electron chi connectivity index (χ4n) is 2.79. The van der Waals surface area contributed by atoms with Gasteiger partial charge >= 0.3 is 6.18 Å². The zero-order valence-electron chi connectivity index (χ0n) is 16.1. The quantitative estimate of drug-likeness (QED) is 0.596. The normalized spacial score (nSPS) is 11.2. The molecule has 162 valence electrons. The van der Waals surface area contributed by atoms with E-state index in [1.807, 2.05) is 0 Å². The maximum Gasteiger partial charge on any atom is 0.421 e. The van der Waals surface area contributed by atoms with Crippen molar-refractivity contribution in [2.45, 2.75) is 25.8 Å². The first-order chi connectivity index (χ1) is 14.7. The van der Waals surface area contributed by atoms with E-state index in [0.29, 0.717) is 21.9 Å². The Balaban J connectivity index is 1.57. The highest BCUT2D eigenvalue weighted by Gasteiger charge is 2.34. The third-order valence-electron chi connectivity index (χ3n) is 4.20. The van der Waals surface area contributed by atoms with E-state index in [9.17, 15) is 27.6 Å². The van der Waals surface area contributed by atoms with Crippen molar-refractivity contribution >= 4 is 17.5 Å². The highest BCUT2D eigenvalue weighted by Crippen LogP contribution is 2.25. The van der Waals surface area contributed by atoms with Crippen LogP contribution in [0.3, 0.4) is 0 Å². The minimum Gasteiger partial charge on any atom is -0.350 e. The maximum atomic E-state index is 12.8. The Morgan fingerprint density at radius 2 is 1.81 bits per heavy atom. The average Bonchev–Trinajstić information content (AvgIpc) is 3.20. The summed E-state index contributed by atoms with van der Waals surface area (Å²) in [4.78, 5) is 36.0. The Hall–Kier alpha value is -3.89. The molecule has 2 amide bonds. The van der Waals surface area contributed by atoms with E-state index >= 15 is 0 Å². The molecule has 2 aromatic heterocycles. The van der Waals surface area contributed by atoms with Crippen LogP contribution < -0.4 is 16.2 Å². The minimum atomic E-state index is -4.79. The number of alkyl halides is 3. The second kappa shape index (κ2) is 9.28. The summed E-state index contributed by atoms with van der Waals surface area (Å²) in [5.74, 6) is -0.914. The number of pyridine rings is 1. The summed E-state index contributed by atoms with van der Waals surface area (Å²) in [6, 6.07) is 10.1. The maximum absolute atomic E-state index is 12.8. The van der Waals surface area contributed by atoms with E-state index in [1.165, 1.54) is 4.68 Å². The molecular formula is C20H18F3N5O3. The lowest BCUT2D eigenvalue weighted by Gasteiger charge is -2.11. The Labute approximate surface area is 174 Å². The Kier molecular flexibility index (Phi) is 6.53. The molecule has 0 saturated heterocycles. The molecule has 0 saturated carbocycles. The van der Waals surface area contributed by atoms with Crippen LogP contribution in [-0.4, -0.2) is 26.2 Å². The van der Waals surface area contributed by atoms with Gasteiger partial charge in [-0.25, -0.2) is 0 Å². The van der Waals surface area contributed by atoms with Crippen LogP contribution in [0.2, 0.25) is 0 Å². The van der Waals surface area contributed by atoms with E-state index in [1.54, 1.807) is 42.7 Å². The van der Waals surface area contributed by atoms with Crippen molar-refractivity contribution in [1.82, 2.24) is 19.7 Å². The standard InChI is InChI=1S/C20H18F3N5O3/c21-20(22,23)16-6-2-8-27(19(16)31)12-17(29)24-11-14-4-1-5-15(10-14)26-18(30)13-28-9-3-7-25-28/h1-10H,11-13H2,(H,24,29)(H,26,30). The molecule has 0 fully saturated rings. The van der Waals surface area contributed by atoms with Gasteiger partial charge in [-0.1, -0.05) is 12.1 Å². The first-order valence-electron chi connectivity index (χ1n) is 9.12. The van der Waals surface area contributed by atoms with Crippen molar-refractivity contribution < 1.29 is 22.8 Å². The Bertz CT molecular complexity index is 1120. The lowest BCUT2D eigenvalue weighted by molar-refractivity contribution is -0.139. The number of nitrogens with one attached hydrogen (secondary N) is 2. The zero-order chi connectivity index (χ0) is 22.4. The molecule has 0 aliphatic heterocycles. The molecule has 2 N–H and O–H groups in total. The summed E-state index contributed by atoms with van der Waals surface area (Å²) >= 11 is 0. The number of hydrogen-bond acceptors (Lipinski definition) is 4. The van der Waals surface area contributed by atoms with E-state index in [0.717, 1.165) is 12.3 Å². The second-order valence-corrected chi connectivity index (χ2v) is 6.58. The third kappa shape index (κ3) is 6.04. The van der Waals surface area contributed by atoms with Crippen molar-refractivity contribution in [3.63, 3.8) is 0 Å².